The lowest BCUT2D eigenvalue weighted by Gasteiger charge is -2.46. The van der Waals surface area contributed by atoms with Gasteiger partial charge in [-0.1, -0.05) is 0 Å². The first-order valence-corrected chi connectivity index (χ1v) is 7.07. The quantitative estimate of drug-likeness (QED) is 0.840. The minimum absolute atomic E-state index is 0.0428. The Morgan fingerprint density at radius 3 is 2.45 bits per heavy atom. The summed E-state index contributed by atoms with van der Waals surface area (Å²) in [5, 5.41) is 3.52. The van der Waals surface area contributed by atoms with E-state index < -0.39 is 17.5 Å². The molecule has 110 valence electrons. The van der Waals surface area contributed by atoms with Gasteiger partial charge in [-0.05, 0) is 32.6 Å². The summed E-state index contributed by atoms with van der Waals surface area (Å²) in [6.07, 6.45) is 2.35. The van der Waals surface area contributed by atoms with Crippen molar-refractivity contribution < 1.29 is 13.2 Å². The monoisotopic (exact) mass is 284 g/mol. The highest BCUT2D eigenvalue weighted by atomic mass is 19.2. The Balaban J connectivity index is 1.93. The molecule has 1 aromatic rings. The number of hydrogen-bond donors (Lipinski definition) is 1. The lowest BCUT2D eigenvalue weighted by atomic mass is 9.91. The van der Waals surface area contributed by atoms with Crippen molar-refractivity contribution in [1.29, 1.82) is 0 Å². The first-order chi connectivity index (χ1) is 9.40. The first kappa shape index (κ1) is 13.7. The van der Waals surface area contributed by atoms with E-state index in [2.05, 4.69) is 12.2 Å². The molecule has 0 spiro atoms. The average Bonchev–Trinajstić information content (AvgIpc) is 3.22. The van der Waals surface area contributed by atoms with Crippen LogP contribution in [0.25, 0.3) is 0 Å². The highest BCUT2D eigenvalue weighted by Gasteiger charge is 2.45. The molecule has 2 aliphatic rings. The number of nitrogens with zero attached hydrogens (tertiary/aromatic N) is 1. The second-order valence-electron chi connectivity index (χ2n) is 6.27. The van der Waals surface area contributed by atoms with E-state index in [0.29, 0.717) is 25.1 Å². The molecule has 1 N–H and O–H groups in total. The van der Waals surface area contributed by atoms with Gasteiger partial charge in [0, 0.05) is 36.8 Å². The maximum Gasteiger partial charge on any atom is 0.161 e. The van der Waals surface area contributed by atoms with E-state index >= 15 is 0 Å². The van der Waals surface area contributed by atoms with Gasteiger partial charge in [0.1, 0.15) is 5.82 Å². The number of nitrogens with one attached hydrogen (secondary N) is 1. The second kappa shape index (κ2) is 4.65. The molecule has 1 saturated heterocycles. The fraction of sp³-hybridized carbons (Fsp3) is 0.600. The lowest BCUT2D eigenvalue weighted by Crippen LogP contribution is -2.63. The maximum atomic E-state index is 14.0. The van der Waals surface area contributed by atoms with Crippen molar-refractivity contribution in [2.75, 3.05) is 18.0 Å². The molecule has 5 heteroatoms. The summed E-state index contributed by atoms with van der Waals surface area (Å²) in [6.45, 7) is 5.41. The third kappa shape index (κ3) is 2.28. The molecule has 1 saturated carbocycles. The molecule has 0 amide bonds. The van der Waals surface area contributed by atoms with Gasteiger partial charge in [-0.15, -0.1) is 0 Å². The van der Waals surface area contributed by atoms with Crippen LogP contribution in [-0.4, -0.2) is 24.7 Å². The molecule has 0 radical (unpaired) electrons. The Hall–Kier alpha value is -1.23. The summed E-state index contributed by atoms with van der Waals surface area (Å²) in [5.41, 5.74) is 0.0776. The standard InChI is InChI=1S/C15H19F3N2/c1-9-7-19-15(2,10-3-4-10)8-20(9)14-6-12(17)11(16)5-13(14)18/h5-6,9-10,19H,3-4,7-8H2,1-2H3. The van der Waals surface area contributed by atoms with Crippen molar-refractivity contribution in [3.05, 3.63) is 29.6 Å². The SMILES string of the molecule is CC1CNC(C)(C2CC2)CN1c1cc(F)c(F)cc1F. The third-order valence-electron chi connectivity index (χ3n) is 4.61. The largest absolute Gasteiger partial charge is 0.363 e. The van der Waals surface area contributed by atoms with Crippen LogP contribution >= 0.6 is 0 Å². The maximum absolute atomic E-state index is 14.0. The molecule has 20 heavy (non-hydrogen) atoms. The van der Waals surface area contributed by atoms with Crippen LogP contribution < -0.4 is 10.2 Å². The molecule has 2 nitrogen and oxygen atoms in total. The number of hydrogen-bond acceptors (Lipinski definition) is 2. The number of halogens is 3. The van der Waals surface area contributed by atoms with Crippen molar-refractivity contribution in [3.63, 3.8) is 0 Å². The van der Waals surface area contributed by atoms with Gasteiger partial charge in [0.25, 0.3) is 0 Å². The van der Waals surface area contributed by atoms with Gasteiger partial charge < -0.3 is 10.2 Å². The predicted octanol–water partition coefficient (Wildman–Crippen LogP) is 3.07. The molecule has 1 heterocycles. The van der Waals surface area contributed by atoms with E-state index in [4.69, 9.17) is 0 Å². The van der Waals surface area contributed by atoms with Crippen LogP contribution in [-0.2, 0) is 0 Å². The number of piperazine rings is 1. The second-order valence-corrected chi connectivity index (χ2v) is 6.27. The minimum Gasteiger partial charge on any atom is -0.363 e. The van der Waals surface area contributed by atoms with E-state index in [1.54, 1.807) is 0 Å². The van der Waals surface area contributed by atoms with Crippen molar-refractivity contribution in [1.82, 2.24) is 5.32 Å². The zero-order chi connectivity index (χ0) is 14.5. The smallest absolute Gasteiger partial charge is 0.161 e. The topological polar surface area (TPSA) is 15.3 Å². The van der Waals surface area contributed by atoms with Gasteiger partial charge in [-0.2, -0.15) is 0 Å². The summed E-state index contributed by atoms with van der Waals surface area (Å²) in [6, 6.07) is 1.65. The van der Waals surface area contributed by atoms with E-state index in [9.17, 15) is 13.2 Å². The van der Waals surface area contributed by atoms with E-state index in [-0.39, 0.29) is 17.3 Å². The van der Waals surface area contributed by atoms with Gasteiger partial charge in [0.05, 0.1) is 5.69 Å². The normalized spacial score (nSPS) is 30.6. The van der Waals surface area contributed by atoms with E-state index in [1.807, 2.05) is 11.8 Å². The fourth-order valence-corrected chi connectivity index (χ4v) is 3.11. The molecule has 0 bridgehead atoms. The van der Waals surface area contributed by atoms with Crippen LogP contribution in [0.15, 0.2) is 12.1 Å². The molecule has 1 aromatic carbocycles. The van der Waals surface area contributed by atoms with Gasteiger partial charge in [-0.25, -0.2) is 13.2 Å². The zero-order valence-electron chi connectivity index (χ0n) is 11.7. The zero-order valence-corrected chi connectivity index (χ0v) is 11.7. The Morgan fingerprint density at radius 2 is 1.80 bits per heavy atom. The van der Waals surface area contributed by atoms with E-state index in [1.165, 1.54) is 12.8 Å². The van der Waals surface area contributed by atoms with Crippen LogP contribution in [0.3, 0.4) is 0 Å². The summed E-state index contributed by atoms with van der Waals surface area (Å²) in [7, 11) is 0. The van der Waals surface area contributed by atoms with Crippen LogP contribution in [0.2, 0.25) is 0 Å². The van der Waals surface area contributed by atoms with Gasteiger partial charge in [-0.3, -0.25) is 0 Å². The lowest BCUT2D eigenvalue weighted by molar-refractivity contribution is 0.259. The molecule has 3 rings (SSSR count). The molecule has 2 atom stereocenters. The minimum atomic E-state index is -1.14. The number of rotatable bonds is 2. The highest BCUT2D eigenvalue weighted by Crippen LogP contribution is 2.42. The molecular formula is C15H19F3N2. The molecule has 2 unspecified atom stereocenters. The number of anilines is 1. The summed E-state index contributed by atoms with van der Waals surface area (Å²) < 4.78 is 40.5. The van der Waals surface area contributed by atoms with Crippen LogP contribution in [0.5, 0.6) is 0 Å². The molecule has 1 aliphatic carbocycles. The van der Waals surface area contributed by atoms with Gasteiger partial charge in [0.2, 0.25) is 0 Å². The summed E-state index contributed by atoms with van der Waals surface area (Å²) >= 11 is 0. The molecule has 2 fully saturated rings. The van der Waals surface area contributed by atoms with Crippen LogP contribution in [0, 0.1) is 23.4 Å². The third-order valence-corrected chi connectivity index (χ3v) is 4.61. The van der Waals surface area contributed by atoms with Gasteiger partial charge >= 0.3 is 0 Å². The van der Waals surface area contributed by atoms with Crippen molar-refractivity contribution in [2.24, 2.45) is 5.92 Å². The molecular weight excluding hydrogens is 265 g/mol. The van der Waals surface area contributed by atoms with Gasteiger partial charge in [0.15, 0.2) is 11.6 Å². The Kier molecular flexibility index (Phi) is 3.20. The Bertz CT molecular complexity index is 530. The Morgan fingerprint density at radius 1 is 1.15 bits per heavy atom. The van der Waals surface area contributed by atoms with Crippen LogP contribution in [0.4, 0.5) is 18.9 Å². The molecule has 1 aliphatic heterocycles. The van der Waals surface area contributed by atoms with Crippen molar-refractivity contribution in [2.45, 2.75) is 38.3 Å². The number of benzene rings is 1. The van der Waals surface area contributed by atoms with E-state index in [0.717, 1.165) is 6.07 Å². The van der Waals surface area contributed by atoms with Crippen LogP contribution in [0.1, 0.15) is 26.7 Å². The van der Waals surface area contributed by atoms with Crippen molar-refractivity contribution >= 4 is 5.69 Å². The summed E-state index contributed by atoms with van der Waals surface area (Å²) in [4.78, 5) is 1.85. The Labute approximate surface area is 117 Å². The first-order valence-electron chi connectivity index (χ1n) is 7.07. The van der Waals surface area contributed by atoms with Crippen molar-refractivity contribution in [3.8, 4) is 0 Å². The average molecular weight is 284 g/mol. The summed E-state index contributed by atoms with van der Waals surface area (Å²) in [5.74, 6) is -2.25. The predicted molar refractivity (Wildman–Crippen MR) is 72.3 cm³/mol. The highest BCUT2D eigenvalue weighted by molar-refractivity contribution is 5.50. The fourth-order valence-electron chi connectivity index (χ4n) is 3.11. The molecule has 0 aromatic heterocycles.